The van der Waals surface area contributed by atoms with Gasteiger partial charge in [-0.1, -0.05) is 95.8 Å². The number of aryl methyl sites for hydroxylation is 1. The topological polar surface area (TPSA) is 24.4 Å². The normalized spacial score (nSPS) is 25.0. The molecule has 0 saturated heterocycles. The number of nitrogens with zero attached hydrogens (tertiary/aromatic N) is 1. The molecule has 0 aliphatic heterocycles. The van der Waals surface area contributed by atoms with Gasteiger partial charge in [0.05, 0.1) is 16.8 Å². The Bertz CT molecular complexity index is 1350. The number of rotatable bonds is 5. The van der Waals surface area contributed by atoms with Crippen molar-refractivity contribution in [2.24, 2.45) is 16.3 Å². The number of anilines is 2. The van der Waals surface area contributed by atoms with Gasteiger partial charge in [0.15, 0.2) is 0 Å². The van der Waals surface area contributed by atoms with Crippen LogP contribution in [0.4, 0.5) is 17.1 Å². The summed E-state index contributed by atoms with van der Waals surface area (Å²) in [5.41, 5.74) is 7.32. The van der Waals surface area contributed by atoms with Crippen molar-refractivity contribution in [3.63, 3.8) is 0 Å². The molecule has 2 aliphatic rings. The largest absolute Gasteiger partial charge is 0.356 e. The van der Waals surface area contributed by atoms with E-state index in [2.05, 4.69) is 92.0 Å². The number of hydrogen-bond acceptors (Lipinski definition) is 2. The number of halogens is 3. The van der Waals surface area contributed by atoms with E-state index in [9.17, 15) is 0 Å². The fourth-order valence-corrected chi connectivity index (χ4v) is 5.95. The number of alkyl halides is 3. The van der Waals surface area contributed by atoms with Gasteiger partial charge in [0.2, 0.25) is 3.79 Å². The van der Waals surface area contributed by atoms with Gasteiger partial charge in [-0.15, -0.1) is 0 Å². The van der Waals surface area contributed by atoms with E-state index in [-0.39, 0.29) is 5.41 Å². The third-order valence-corrected chi connectivity index (χ3v) is 9.62. The fraction of sp³-hybridized carbons (Fsp3) is 0.324. The number of aliphatic imine (C=N–C) groups is 1. The van der Waals surface area contributed by atoms with Gasteiger partial charge in [-0.2, -0.15) is 0 Å². The first-order valence-corrected chi connectivity index (χ1v) is 14.8. The zero-order valence-electron chi connectivity index (χ0n) is 22.7. The van der Waals surface area contributed by atoms with E-state index in [0.29, 0.717) is 0 Å². The highest BCUT2D eigenvalue weighted by atomic mass is 35.6. The molecular formula is C34H35Cl3N2. The summed E-state index contributed by atoms with van der Waals surface area (Å²) in [6.07, 6.45) is 12.4. The summed E-state index contributed by atoms with van der Waals surface area (Å²) in [5.74, 6) is 0.759. The van der Waals surface area contributed by atoms with E-state index in [1.54, 1.807) is 0 Å². The molecular weight excluding hydrogens is 543 g/mol. The molecule has 5 heteroatoms. The zero-order chi connectivity index (χ0) is 27.7. The Morgan fingerprint density at radius 3 is 1.77 bits per heavy atom. The SMILES string of the molecule is Cc1ccc(Nc2ccc(C3(c4ccc(N=C5C=CC(C)(C(Cl)(Cl)Cl)C=C5)cc4)CCC(C)CC3)cc2)cc1. The number of allylic oxidation sites excluding steroid dienone is 4. The molecule has 0 atom stereocenters. The van der Waals surface area contributed by atoms with Crippen molar-refractivity contribution in [3.8, 4) is 0 Å². The Hall–Kier alpha value is -2.52. The maximum atomic E-state index is 6.16. The van der Waals surface area contributed by atoms with Crippen LogP contribution in [0.1, 0.15) is 56.2 Å². The minimum absolute atomic E-state index is 0.0113. The highest BCUT2D eigenvalue weighted by Gasteiger charge is 2.41. The second-order valence-electron chi connectivity index (χ2n) is 11.4. The molecule has 3 aromatic carbocycles. The minimum Gasteiger partial charge on any atom is -0.356 e. The van der Waals surface area contributed by atoms with E-state index in [0.717, 1.165) is 41.5 Å². The highest BCUT2D eigenvalue weighted by Crippen LogP contribution is 2.48. The van der Waals surface area contributed by atoms with Crippen molar-refractivity contribution in [3.05, 3.63) is 114 Å². The molecule has 0 amide bonds. The van der Waals surface area contributed by atoms with Gasteiger partial charge in [0.1, 0.15) is 0 Å². The lowest BCUT2D eigenvalue weighted by atomic mass is 9.63. The Kier molecular flexibility index (Phi) is 8.02. The standard InChI is InChI=1S/C34H35Cl3N2/c1-24-4-10-28(11-5-24)38-29-12-6-26(7-13-29)33(22-16-25(2)17-23-33)27-8-14-30(15-9-27)39-31-18-20-32(3,21-19-31)34(35,36)37/h4-15,18-21,25,38H,16-17,22-23H2,1-3H3. The molecule has 3 aromatic rings. The Balaban J connectivity index is 1.38. The first-order chi connectivity index (χ1) is 18.6. The first-order valence-electron chi connectivity index (χ1n) is 13.7. The molecule has 1 N–H and O–H groups in total. The van der Waals surface area contributed by atoms with Crippen molar-refractivity contribution in [2.45, 2.75) is 55.7 Å². The quantitative estimate of drug-likeness (QED) is 0.300. The number of benzene rings is 3. The Morgan fingerprint density at radius 2 is 1.26 bits per heavy atom. The monoisotopic (exact) mass is 576 g/mol. The fourth-order valence-electron chi connectivity index (χ4n) is 5.57. The van der Waals surface area contributed by atoms with E-state index in [1.165, 1.54) is 29.5 Å². The summed E-state index contributed by atoms with van der Waals surface area (Å²) in [6, 6.07) is 26.3. The zero-order valence-corrected chi connectivity index (χ0v) is 25.0. The van der Waals surface area contributed by atoms with Crippen molar-refractivity contribution >= 4 is 57.6 Å². The van der Waals surface area contributed by atoms with Gasteiger partial charge in [-0.3, -0.25) is 0 Å². The summed E-state index contributed by atoms with van der Waals surface area (Å²) in [7, 11) is 0. The van der Waals surface area contributed by atoms with Crippen molar-refractivity contribution < 1.29 is 0 Å². The molecule has 1 saturated carbocycles. The smallest absolute Gasteiger partial charge is 0.202 e. The summed E-state index contributed by atoms with van der Waals surface area (Å²) >= 11 is 18.5. The Labute approximate surface area is 247 Å². The van der Waals surface area contributed by atoms with Crippen LogP contribution in [0.3, 0.4) is 0 Å². The van der Waals surface area contributed by atoms with E-state index >= 15 is 0 Å². The second-order valence-corrected chi connectivity index (χ2v) is 13.6. The average Bonchev–Trinajstić information content (AvgIpc) is 2.92. The molecule has 202 valence electrons. The summed E-state index contributed by atoms with van der Waals surface area (Å²) in [5, 5.41) is 3.53. The molecule has 0 heterocycles. The molecule has 1 fully saturated rings. The van der Waals surface area contributed by atoms with Crippen LogP contribution in [0, 0.1) is 18.3 Å². The summed E-state index contributed by atoms with van der Waals surface area (Å²) < 4.78 is -1.41. The van der Waals surface area contributed by atoms with Crippen LogP contribution in [0.5, 0.6) is 0 Å². The lowest BCUT2D eigenvalue weighted by Crippen LogP contribution is -2.32. The van der Waals surface area contributed by atoms with Crippen LogP contribution in [-0.4, -0.2) is 9.50 Å². The van der Waals surface area contributed by atoms with Crippen LogP contribution in [0.25, 0.3) is 0 Å². The van der Waals surface area contributed by atoms with E-state index < -0.39 is 9.21 Å². The van der Waals surface area contributed by atoms with Crippen molar-refractivity contribution in [1.82, 2.24) is 0 Å². The van der Waals surface area contributed by atoms with Crippen molar-refractivity contribution in [2.75, 3.05) is 5.32 Å². The third-order valence-electron chi connectivity index (χ3n) is 8.40. The maximum Gasteiger partial charge on any atom is 0.202 e. The lowest BCUT2D eigenvalue weighted by Gasteiger charge is -2.41. The van der Waals surface area contributed by atoms with Gasteiger partial charge in [0.25, 0.3) is 0 Å². The molecule has 0 bridgehead atoms. The highest BCUT2D eigenvalue weighted by molar-refractivity contribution is 6.68. The van der Waals surface area contributed by atoms with Crippen LogP contribution in [-0.2, 0) is 5.41 Å². The van der Waals surface area contributed by atoms with Crippen LogP contribution in [0.15, 0.2) is 102 Å². The molecule has 2 aliphatic carbocycles. The van der Waals surface area contributed by atoms with Crippen LogP contribution in [0.2, 0.25) is 0 Å². The molecule has 0 aromatic heterocycles. The summed E-state index contributed by atoms with van der Waals surface area (Å²) in [4.78, 5) is 4.82. The number of hydrogen-bond donors (Lipinski definition) is 1. The van der Waals surface area contributed by atoms with Crippen LogP contribution >= 0.6 is 34.8 Å². The van der Waals surface area contributed by atoms with Gasteiger partial charge in [0, 0.05) is 16.8 Å². The van der Waals surface area contributed by atoms with Crippen molar-refractivity contribution in [1.29, 1.82) is 0 Å². The van der Waals surface area contributed by atoms with Crippen LogP contribution < -0.4 is 5.32 Å². The maximum absolute atomic E-state index is 6.16. The molecule has 39 heavy (non-hydrogen) atoms. The average molecular weight is 578 g/mol. The third kappa shape index (κ3) is 6.14. The molecule has 2 nitrogen and oxygen atoms in total. The summed E-state index contributed by atoms with van der Waals surface area (Å²) in [6.45, 7) is 6.38. The predicted molar refractivity (Wildman–Crippen MR) is 170 cm³/mol. The minimum atomic E-state index is -1.41. The van der Waals surface area contributed by atoms with Gasteiger partial charge in [-0.25, -0.2) is 4.99 Å². The molecule has 5 rings (SSSR count). The predicted octanol–water partition coefficient (Wildman–Crippen LogP) is 10.8. The molecule has 0 spiro atoms. The second kappa shape index (κ2) is 11.2. The van der Waals surface area contributed by atoms with Gasteiger partial charge < -0.3 is 5.32 Å². The first kappa shape index (κ1) is 28.0. The Morgan fingerprint density at radius 1 is 0.769 bits per heavy atom. The van der Waals surface area contributed by atoms with E-state index in [4.69, 9.17) is 39.8 Å². The van der Waals surface area contributed by atoms with E-state index in [1.807, 2.05) is 31.2 Å². The number of nitrogens with one attached hydrogen (secondary N) is 1. The lowest BCUT2D eigenvalue weighted by molar-refractivity contribution is 0.280. The van der Waals surface area contributed by atoms with Gasteiger partial charge in [-0.05, 0) is 105 Å². The molecule has 0 radical (unpaired) electrons. The van der Waals surface area contributed by atoms with Gasteiger partial charge >= 0.3 is 0 Å². The molecule has 0 unspecified atom stereocenters.